The number of fused-ring (bicyclic) bond motifs is 1. The largest absolute Gasteiger partial charge is 0.438 e. The quantitative estimate of drug-likeness (QED) is 0.478. The van der Waals surface area contributed by atoms with Gasteiger partial charge < -0.3 is 24.8 Å². The Hall–Kier alpha value is -2.61. The fraction of sp³-hybridized carbons (Fsp3) is 0.481. The molecule has 35 heavy (non-hydrogen) atoms. The number of nitrogens with zero attached hydrogens (tertiary/aromatic N) is 3. The monoisotopic (exact) mass is 495 g/mol. The number of benzene rings is 1. The van der Waals surface area contributed by atoms with Gasteiger partial charge in [-0.2, -0.15) is 0 Å². The van der Waals surface area contributed by atoms with Crippen molar-refractivity contribution in [2.24, 2.45) is 0 Å². The number of piperidine rings is 1. The SMILES string of the molecule is O=C(NC1CCN(CCN2CCCCCC2)CC1)c1cc2c(Oc3ccc(Cl)cn3)cccc2[nH]1. The first-order chi connectivity index (χ1) is 17.1. The van der Waals surface area contributed by atoms with Crippen LogP contribution < -0.4 is 10.1 Å². The van der Waals surface area contributed by atoms with E-state index < -0.39 is 0 Å². The molecular formula is C27H34ClN5O2. The highest BCUT2D eigenvalue weighted by molar-refractivity contribution is 6.30. The van der Waals surface area contributed by atoms with Crippen LogP contribution in [0.15, 0.2) is 42.6 Å². The van der Waals surface area contributed by atoms with Gasteiger partial charge in [0.15, 0.2) is 0 Å². The molecule has 0 radical (unpaired) electrons. The zero-order valence-electron chi connectivity index (χ0n) is 20.1. The third-order valence-corrected chi connectivity index (χ3v) is 7.36. The highest BCUT2D eigenvalue weighted by Gasteiger charge is 2.23. The molecule has 2 aliphatic rings. The molecule has 0 bridgehead atoms. The lowest BCUT2D eigenvalue weighted by atomic mass is 10.0. The summed E-state index contributed by atoms with van der Waals surface area (Å²) in [5.74, 6) is 1.03. The van der Waals surface area contributed by atoms with Gasteiger partial charge in [0.25, 0.3) is 5.91 Å². The van der Waals surface area contributed by atoms with Gasteiger partial charge in [-0.3, -0.25) is 4.79 Å². The van der Waals surface area contributed by atoms with Gasteiger partial charge in [-0.25, -0.2) is 4.98 Å². The normalized spacial score (nSPS) is 18.4. The second kappa shape index (κ2) is 11.4. The van der Waals surface area contributed by atoms with Crippen molar-refractivity contribution in [1.29, 1.82) is 0 Å². The summed E-state index contributed by atoms with van der Waals surface area (Å²) in [5.41, 5.74) is 1.40. The van der Waals surface area contributed by atoms with E-state index >= 15 is 0 Å². The summed E-state index contributed by atoms with van der Waals surface area (Å²) < 4.78 is 5.94. The number of carbonyl (C=O) groups excluding carboxylic acids is 1. The number of H-pyrrole nitrogens is 1. The maximum atomic E-state index is 13.0. The lowest BCUT2D eigenvalue weighted by molar-refractivity contribution is 0.0902. The number of rotatable bonds is 7. The molecular weight excluding hydrogens is 462 g/mol. The second-order valence-corrected chi connectivity index (χ2v) is 10.1. The van der Waals surface area contributed by atoms with Crippen molar-refractivity contribution in [3.8, 4) is 11.6 Å². The number of hydrogen-bond donors (Lipinski definition) is 2. The van der Waals surface area contributed by atoms with E-state index in [1.165, 1.54) is 45.3 Å². The summed E-state index contributed by atoms with van der Waals surface area (Å²) in [6, 6.07) is 11.2. The first kappa shape index (κ1) is 24.1. The Morgan fingerprint density at radius 3 is 2.49 bits per heavy atom. The van der Waals surface area contributed by atoms with Crippen molar-refractivity contribution in [3.05, 3.63) is 53.3 Å². The zero-order valence-corrected chi connectivity index (χ0v) is 20.9. The topological polar surface area (TPSA) is 73.5 Å². The van der Waals surface area contributed by atoms with Crippen LogP contribution in [-0.2, 0) is 0 Å². The molecule has 3 aromatic rings. The van der Waals surface area contributed by atoms with Gasteiger partial charge in [0, 0.05) is 55.4 Å². The van der Waals surface area contributed by atoms with E-state index in [2.05, 4.69) is 25.1 Å². The molecule has 8 heteroatoms. The van der Waals surface area contributed by atoms with Crippen LogP contribution in [0.3, 0.4) is 0 Å². The Bertz CT molecular complexity index is 1120. The molecule has 0 aliphatic carbocycles. The fourth-order valence-electron chi connectivity index (χ4n) is 5.08. The van der Waals surface area contributed by atoms with Crippen LogP contribution in [0.5, 0.6) is 11.6 Å². The summed E-state index contributed by atoms with van der Waals surface area (Å²) in [7, 11) is 0. The number of carbonyl (C=O) groups is 1. The summed E-state index contributed by atoms with van der Waals surface area (Å²) in [5, 5.41) is 4.63. The van der Waals surface area contributed by atoms with Crippen molar-refractivity contribution in [3.63, 3.8) is 0 Å². The molecule has 7 nitrogen and oxygen atoms in total. The van der Waals surface area contributed by atoms with Gasteiger partial charge in [0.05, 0.1) is 5.02 Å². The lowest BCUT2D eigenvalue weighted by Crippen LogP contribution is -2.46. The van der Waals surface area contributed by atoms with E-state index in [1.807, 2.05) is 24.3 Å². The number of likely N-dealkylation sites (tertiary alicyclic amines) is 2. The Kier molecular flexibility index (Phi) is 7.86. The third kappa shape index (κ3) is 6.34. The van der Waals surface area contributed by atoms with Gasteiger partial charge in [0.1, 0.15) is 11.4 Å². The molecule has 2 saturated heterocycles. The Labute approximate surface area is 211 Å². The minimum atomic E-state index is -0.0696. The van der Waals surface area contributed by atoms with Crippen LogP contribution in [0.1, 0.15) is 49.0 Å². The zero-order chi connectivity index (χ0) is 24.0. The van der Waals surface area contributed by atoms with E-state index in [0.29, 0.717) is 22.3 Å². The summed E-state index contributed by atoms with van der Waals surface area (Å²) in [6.45, 7) is 6.88. The number of ether oxygens (including phenoxy) is 1. The van der Waals surface area contributed by atoms with Crippen LogP contribution in [0.4, 0.5) is 0 Å². The molecule has 0 saturated carbocycles. The second-order valence-electron chi connectivity index (χ2n) is 9.66. The number of aromatic amines is 1. The van der Waals surface area contributed by atoms with Gasteiger partial charge in [0.2, 0.25) is 5.88 Å². The maximum absolute atomic E-state index is 13.0. The minimum absolute atomic E-state index is 0.0696. The molecule has 0 unspecified atom stereocenters. The predicted octanol–water partition coefficient (Wildman–Crippen LogP) is 5.08. The number of aromatic nitrogens is 2. The van der Waals surface area contributed by atoms with Crippen molar-refractivity contribution >= 4 is 28.4 Å². The molecule has 5 rings (SSSR count). The molecule has 1 aromatic carbocycles. The number of pyridine rings is 1. The van der Waals surface area contributed by atoms with Crippen molar-refractivity contribution in [1.82, 2.24) is 25.1 Å². The van der Waals surface area contributed by atoms with Gasteiger partial charge in [-0.05, 0) is 63.0 Å². The lowest BCUT2D eigenvalue weighted by Gasteiger charge is -2.33. The van der Waals surface area contributed by atoms with E-state index in [1.54, 1.807) is 18.3 Å². The summed E-state index contributed by atoms with van der Waals surface area (Å²) in [6.07, 6.45) is 8.97. The van der Waals surface area contributed by atoms with E-state index in [4.69, 9.17) is 16.3 Å². The van der Waals surface area contributed by atoms with Crippen molar-refractivity contribution < 1.29 is 9.53 Å². The first-order valence-corrected chi connectivity index (χ1v) is 13.2. The Morgan fingerprint density at radius 1 is 1.03 bits per heavy atom. The highest BCUT2D eigenvalue weighted by Crippen LogP contribution is 2.30. The van der Waals surface area contributed by atoms with Crippen LogP contribution in [0.2, 0.25) is 5.02 Å². The molecule has 2 N–H and O–H groups in total. The summed E-state index contributed by atoms with van der Waals surface area (Å²) in [4.78, 5) is 25.6. The molecule has 186 valence electrons. The fourth-order valence-corrected chi connectivity index (χ4v) is 5.19. The van der Waals surface area contributed by atoms with Gasteiger partial charge >= 0.3 is 0 Å². The predicted molar refractivity (Wildman–Crippen MR) is 139 cm³/mol. The van der Waals surface area contributed by atoms with Crippen molar-refractivity contribution in [2.75, 3.05) is 39.3 Å². The van der Waals surface area contributed by atoms with Gasteiger partial charge in [-0.15, -0.1) is 0 Å². The molecule has 2 aliphatic heterocycles. The number of halogens is 1. The number of hydrogen-bond acceptors (Lipinski definition) is 5. The smallest absolute Gasteiger partial charge is 0.267 e. The maximum Gasteiger partial charge on any atom is 0.267 e. The van der Waals surface area contributed by atoms with Crippen LogP contribution in [0, 0.1) is 0 Å². The van der Waals surface area contributed by atoms with Crippen LogP contribution in [0.25, 0.3) is 10.9 Å². The summed E-state index contributed by atoms with van der Waals surface area (Å²) >= 11 is 5.92. The highest BCUT2D eigenvalue weighted by atomic mass is 35.5. The van der Waals surface area contributed by atoms with Crippen LogP contribution in [-0.4, -0.2) is 71.0 Å². The van der Waals surface area contributed by atoms with Crippen LogP contribution >= 0.6 is 11.6 Å². The average Bonchev–Trinajstić information content (AvgIpc) is 3.15. The number of amides is 1. The van der Waals surface area contributed by atoms with Gasteiger partial charge in [-0.1, -0.05) is 30.5 Å². The molecule has 0 atom stereocenters. The molecule has 4 heterocycles. The molecule has 0 spiro atoms. The number of nitrogens with one attached hydrogen (secondary N) is 2. The average molecular weight is 496 g/mol. The standard InChI is InChI=1S/C27H34ClN5O2/c28-20-8-9-26(29-19-20)35-25-7-5-6-23-22(25)18-24(31-23)27(34)30-21-10-14-33(15-11-21)17-16-32-12-3-1-2-4-13-32/h5-9,18-19,21,31H,1-4,10-17H2,(H,30,34). The third-order valence-electron chi connectivity index (χ3n) is 7.14. The van der Waals surface area contributed by atoms with Crippen molar-refractivity contribution in [2.45, 2.75) is 44.6 Å². The van der Waals surface area contributed by atoms with E-state index in [0.717, 1.165) is 43.4 Å². The van der Waals surface area contributed by atoms with E-state index in [-0.39, 0.29) is 11.9 Å². The first-order valence-electron chi connectivity index (χ1n) is 12.8. The Morgan fingerprint density at radius 2 is 1.77 bits per heavy atom. The minimum Gasteiger partial charge on any atom is -0.438 e. The molecule has 2 fully saturated rings. The Balaban J connectivity index is 1.14. The molecule has 2 aromatic heterocycles. The van der Waals surface area contributed by atoms with E-state index in [9.17, 15) is 4.79 Å². The molecule has 1 amide bonds.